The lowest BCUT2D eigenvalue weighted by Crippen LogP contribution is -2.45. The van der Waals surface area contributed by atoms with Gasteiger partial charge in [0.2, 0.25) is 11.8 Å². The number of ether oxygens (including phenoxy) is 1. The van der Waals surface area contributed by atoms with Gasteiger partial charge < -0.3 is 15.0 Å². The molecule has 2 aliphatic rings. The molecule has 162 valence electrons. The summed E-state index contributed by atoms with van der Waals surface area (Å²) in [5, 5.41) is 8.67. The van der Waals surface area contributed by atoms with E-state index in [4.69, 9.17) is 16.3 Å². The lowest BCUT2D eigenvalue weighted by Gasteiger charge is -2.33. The average molecular weight is 435 g/mol. The molecule has 0 spiro atoms. The zero-order valence-electron chi connectivity index (χ0n) is 17.3. The molecule has 1 atom stereocenters. The van der Waals surface area contributed by atoms with Gasteiger partial charge in [-0.25, -0.2) is 5.01 Å². The Morgan fingerprint density at radius 2 is 2.13 bits per heavy atom. The number of carbonyl (C=O) groups is 3. The van der Waals surface area contributed by atoms with E-state index < -0.39 is 0 Å². The van der Waals surface area contributed by atoms with Crippen LogP contribution in [-0.2, 0) is 14.4 Å². The van der Waals surface area contributed by atoms with Crippen LogP contribution in [0.3, 0.4) is 0 Å². The van der Waals surface area contributed by atoms with Gasteiger partial charge in [0.25, 0.3) is 5.91 Å². The molecule has 1 N–H and O–H groups in total. The summed E-state index contributed by atoms with van der Waals surface area (Å²) in [4.78, 5) is 38.5. The molecular formula is C21H27ClN4O4. The molecule has 0 radical (unpaired) electrons. The Kier molecular flexibility index (Phi) is 7.31. The molecule has 3 rings (SSSR count). The first kappa shape index (κ1) is 22.1. The quantitative estimate of drug-likeness (QED) is 0.745. The first-order valence-electron chi connectivity index (χ1n) is 10.1. The van der Waals surface area contributed by atoms with Crippen LogP contribution in [0.5, 0.6) is 5.75 Å². The fourth-order valence-corrected chi connectivity index (χ4v) is 4.05. The standard InChI is InChI=1S/C21H27ClN4O4/c1-25-20(28)10-7-17(24-25)21(29)26-11-3-4-14(13-26)5-9-19(27)23-15-6-8-18(30-2)16(22)12-15/h6,8,12,14H,3-5,7,9-11,13H2,1-2H3,(H,23,27). The van der Waals surface area contributed by atoms with Crippen LogP contribution in [0.1, 0.15) is 38.5 Å². The third-order valence-corrected chi connectivity index (χ3v) is 5.77. The van der Waals surface area contributed by atoms with Gasteiger partial charge >= 0.3 is 0 Å². The molecule has 8 nitrogen and oxygen atoms in total. The number of nitrogens with one attached hydrogen (secondary N) is 1. The number of hydrogen-bond acceptors (Lipinski definition) is 5. The Bertz CT molecular complexity index is 857. The van der Waals surface area contributed by atoms with Crippen LogP contribution in [0.2, 0.25) is 5.02 Å². The van der Waals surface area contributed by atoms with Crippen molar-refractivity contribution in [2.75, 3.05) is 32.6 Å². The van der Waals surface area contributed by atoms with Gasteiger partial charge in [-0.1, -0.05) is 11.6 Å². The van der Waals surface area contributed by atoms with E-state index in [0.29, 0.717) is 60.9 Å². The smallest absolute Gasteiger partial charge is 0.270 e. The summed E-state index contributed by atoms with van der Waals surface area (Å²) in [5.74, 6) is 0.552. The van der Waals surface area contributed by atoms with Crippen molar-refractivity contribution in [2.45, 2.75) is 38.5 Å². The van der Waals surface area contributed by atoms with Gasteiger partial charge in [-0.2, -0.15) is 5.10 Å². The van der Waals surface area contributed by atoms with Crippen LogP contribution >= 0.6 is 11.6 Å². The minimum absolute atomic E-state index is 0.0766. The maximum atomic E-state index is 12.8. The number of anilines is 1. The Hall–Kier alpha value is -2.61. The van der Waals surface area contributed by atoms with E-state index in [-0.39, 0.29) is 23.6 Å². The molecule has 2 heterocycles. The van der Waals surface area contributed by atoms with Crippen molar-refractivity contribution in [1.29, 1.82) is 0 Å². The predicted molar refractivity (Wildman–Crippen MR) is 115 cm³/mol. The maximum absolute atomic E-state index is 12.8. The van der Waals surface area contributed by atoms with Crippen LogP contribution in [0, 0.1) is 5.92 Å². The van der Waals surface area contributed by atoms with Crippen LogP contribution in [-0.4, -0.2) is 60.6 Å². The molecule has 1 fully saturated rings. The summed E-state index contributed by atoms with van der Waals surface area (Å²) in [7, 11) is 3.11. The van der Waals surface area contributed by atoms with E-state index in [1.54, 1.807) is 30.1 Å². The molecule has 0 saturated carbocycles. The minimum Gasteiger partial charge on any atom is -0.495 e. The van der Waals surface area contributed by atoms with Crippen LogP contribution in [0.4, 0.5) is 5.69 Å². The Labute approximate surface area is 181 Å². The highest BCUT2D eigenvalue weighted by atomic mass is 35.5. The van der Waals surface area contributed by atoms with E-state index in [1.807, 2.05) is 0 Å². The molecule has 1 aromatic carbocycles. The van der Waals surface area contributed by atoms with Crippen molar-refractivity contribution < 1.29 is 19.1 Å². The molecule has 9 heteroatoms. The second-order valence-electron chi connectivity index (χ2n) is 7.66. The largest absolute Gasteiger partial charge is 0.495 e. The molecule has 0 bridgehead atoms. The molecule has 2 aliphatic heterocycles. The van der Waals surface area contributed by atoms with E-state index in [1.165, 1.54) is 12.1 Å². The molecule has 30 heavy (non-hydrogen) atoms. The molecule has 0 aromatic heterocycles. The summed E-state index contributed by atoms with van der Waals surface area (Å²) in [6.07, 6.45) is 3.65. The van der Waals surface area contributed by atoms with E-state index in [0.717, 1.165) is 12.8 Å². The van der Waals surface area contributed by atoms with Crippen molar-refractivity contribution in [1.82, 2.24) is 9.91 Å². The number of methoxy groups -OCH3 is 1. The van der Waals surface area contributed by atoms with Gasteiger partial charge in [0.05, 0.1) is 12.1 Å². The number of halogens is 1. The molecule has 3 amide bonds. The van der Waals surface area contributed by atoms with Crippen LogP contribution < -0.4 is 10.1 Å². The number of benzene rings is 1. The highest BCUT2D eigenvalue weighted by Crippen LogP contribution is 2.28. The van der Waals surface area contributed by atoms with E-state index >= 15 is 0 Å². The lowest BCUT2D eigenvalue weighted by atomic mass is 9.92. The molecule has 0 aliphatic carbocycles. The number of hydrazone groups is 1. The van der Waals surface area contributed by atoms with Crippen molar-refractivity contribution >= 4 is 40.7 Å². The summed E-state index contributed by atoms with van der Waals surface area (Å²) >= 11 is 6.09. The molecule has 1 saturated heterocycles. The number of piperidine rings is 1. The van der Waals surface area contributed by atoms with Gasteiger partial charge in [0, 0.05) is 45.1 Å². The summed E-state index contributed by atoms with van der Waals surface area (Å²) in [5.41, 5.74) is 1.06. The Balaban J connectivity index is 1.49. The highest BCUT2D eigenvalue weighted by molar-refractivity contribution is 6.39. The zero-order valence-corrected chi connectivity index (χ0v) is 18.1. The van der Waals surface area contributed by atoms with E-state index in [2.05, 4.69) is 10.4 Å². The first-order chi connectivity index (χ1) is 14.4. The highest BCUT2D eigenvalue weighted by Gasteiger charge is 2.29. The number of nitrogens with zero attached hydrogens (tertiary/aromatic N) is 3. The topological polar surface area (TPSA) is 91.3 Å². The van der Waals surface area contributed by atoms with Gasteiger partial charge in [-0.05, 0) is 43.4 Å². The zero-order chi connectivity index (χ0) is 21.7. The number of hydrogen-bond donors (Lipinski definition) is 1. The van der Waals surface area contributed by atoms with Gasteiger partial charge in [0.15, 0.2) is 0 Å². The summed E-state index contributed by atoms with van der Waals surface area (Å²) in [6.45, 7) is 1.29. The summed E-state index contributed by atoms with van der Waals surface area (Å²) < 4.78 is 5.11. The predicted octanol–water partition coefficient (Wildman–Crippen LogP) is 2.91. The fraction of sp³-hybridized carbons (Fsp3) is 0.524. The number of amides is 3. The normalized spacial score (nSPS) is 19.4. The Morgan fingerprint density at radius 3 is 2.83 bits per heavy atom. The first-order valence-corrected chi connectivity index (χ1v) is 10.5. The van der Waals surface area contributed by atoms with Crippen LogP contribution in [0.15, 0.2) is 23.3 Å². The average Bonchev–Trinajstić information content (AvgIpc) is 2.74. The number of rotatable bonds is 6. The maximum Gasteiger partial charge on any atom is 0.270 e. The van der Waals surface area contributed by atoms with Gasteiger partial charge in [-0.3, -0.25) is 14.4 Å². The van der Waals surface area contributed by atoms with Crippen molar-refractivity contribution in [2.24, 2.45) is 11.0 Å². The SMILES string of the molecule is COc1ccc(NC(=O)CCC2CCCN(C(=O)C3=NN(C)C(=O)CC3)C2)cc1Cl. The van der Waals surface area contributed by atoms with Crippen molar-refractivity contribution in [3.05, 3.63) is 23.2 Å². The molecule has 1 aromatic rings. The van der Waals surface area contributed by atoms with Gasteiger partial charge in [-0.15, -0.1) is 0 Å². The lowest BCUT2D eigenvalue weighted by molar-refractivity contribution is -0.131. The Morgan fingerprint density at radius 1 is 1.33 bits per heavy atom. The summed E-state index contributed by atoms with van der Waals surface area (Å²) in [6, 6.07) is 5.11. The van der Waals surface area contributed by atoms with Gasteiger partial charge in [0.1, 0.15) is 11.5 Å². The number of likely N-dealkylation sites (tertiary alicyclic amines) is 1. The van der Waals surface area contributed by atoms with Crippen molar-refractivity contribution in [3.8, 4) is 5.75 Å². The van der Waals surface area contributed by atoms with Crippen molar-refractivity contribution in [3.63, 3.8) is 0 Å². The third kappa shape index (κ3) is 5.50. The monoisotopic (exact) mass is 434 g/mol. The second kappa shape index (κ2) is 9.93. The second-order valence-corrected chi connectivity index (χ2v) is 8.07. The number of carbonyl (C=O) groups excluding carboxylic acids is 3. The minimum atomic E-state index is -0.101. The molecular weight excluding hydrogens is 408 g/mol. The fourth-order valence-electron chi connectivity index (χ4n) is 3.79. The van der Waals surface area contributed by atoms with E-state index in [9.17, 15) is 14.4 Å². The van der Waals surface area contributed by atoms with Crippen LogP contribution in [0.25, 0.3) is 0 Å². The molecule has 1 unspecified atom stereocenters. The third-order valence-electron chi connectivity index (χ3n) is 5.48.